The van der Waals surface area contributed by atoms with Crippen LogP contribution >= 0.6 is 0 Å². The number of fused-ring (bicyclic) bond motifs is 1. The number of urea groups is 1. The van der Waals surface area contributed by atoms with Gasteiger partial charge in [0.05, 0.1) is 5.39 Å². The minimum absolute atomic E-state index is 0.00283. The van der Waals surface area contributed by atoms with Gasteiger partial charge >= 0.3 is 6.03 Å². The first-order valence-electron chi connectivity index (χ1n) is 11.3. The molecule has 3 heterocycles. The van der Waals surface area contributed by atoms with E-state index in [0.717, 1.165) is 22.4 Å². The van der Waals surface area contributed by atoms with Gasteiger partial charge in [-0.05, 0) is 43.5 Å². The predicted molar refractivity (Wildman–Crippen MR) is 131 cm³/mol. The van der Waals surface area contributed by atoms with Gasteiger partial charge in [-0.2, -0.15) is 0 Å². The van der Waals surface area contributed by atoms with Crippen molar-refractivity contribution in [1.29, 1.82) is 0 Å². The van der Waals surface area contributed by atoms with Crippen molar-refractivity contribution in [3.8, 4) is 0 Å². The number of hydrogen-bond acceptors (Lipinski definition) is 5. The Morgan fingerprint density at radius 1 is 1.18 bits per heavy atom. The van der Waals surface area contributed by atoms with Crippen LogP contribution in [0.1, 0.15) is 32.8 Å². The van der Waals surface area contributed by atoms with E-state index < -0.39 is 0 Å². The Morgan fingerprint density at radius 3 is 2.67 bits per heavy atom. The van der Waals surface area contributed by atoms with E-state index in [2.05, 4.69) is 30.5 Å². The molecule has 0 bridgehead atoms. The standard InChI is InChI=1S/C24H31N7O2/c1-15(2)10-20(32)28-18-6-5-7-19(11-18)29-24(33)31-9-8-30(13-17(31)4)23-21-16(3)12-25-22(21)26-14-27-23/h5-7,11-12,14-15,17H,8-10,13H2,1-4H3,(H,28,32)(H,29,33)(H,25,26,27)/t17-/m0/s1. The summed E-state index contributed by atoms with van der Waals surface area (Å²) >= 11 is 0. The number of anilines is 3. The van der Waals surface area contributed by atoms with Crippen molar-refractivity contribution < 1.29 is 9.59 Å². The number of rotatable bonds is 5. The van der Waals surface area contributed by atoms with Gasteiger partial charge in [0.25, 0.3) is 0 Å². The molecule has 0 unspecified atom stereocenters. The highest BCUT2D eigenvalue weighted by atomic mass is 16.2. The van der Waals surface area contributed by atoms with Crippen molar-refractivity contribution in [2.75, 3.05) is 35.2 Å². The van der Waals surface area contributed by atoms with Crippen LogP contribution in [0.4, 0.5) is 22.0 Å². The lowest BCUT2D eigenvalue weighted by molar-refractivity contribution is -0.116. The number of nitrogens with one attached hydrogen (secondary N) is 3. The normalized spacial score (nSPS) is 16.3. The third-order valence-corrected chi connectivity index (χ3v) is 5.83. The zero-order valence-corrected chi connectivity index (χ0v) is 19.6. The fraction of sp³-hybridized carbons (Fsp3) is 0.417. The van der Waals surface area contributed by atoms with Crippen LogP contribution in [-0.4, -0.2) is 57.5 Å². The van der Waals surface area contributed by atoms with Crippen molar-refractivity contribution >= 4 is 40.2 Å². The van der Waals surface area contributed by atoms with Gasteiger partial charge < -0.3 is 25.4 Å². The van der Waals surface area contributed by atoms with Crippen LogP contribution in [0.15, 0.2) is 36.8 Å². The van der Waals surface area contributed by atoms with Crippen molar-refractivity contribution in [2.24, 2.45) is 5.92 Å². The van der Waals surface area contributed by atoms with Gasteiger partial charge in [0.1, 0.15) is 17.8 Å². The number of H-pyrrole nitrogens is 1. The summed E-state index contributed by atoms with van der Waals surface area (Å²) in [5.41, 5.74) is 3.25. The molecule has 3 N–H and O–H groups in total. The van der Waals surface area contributed by atoms with Crippen LogP contribution < -0.4 is 15.5 Å². The summed E-state index contributed by atoms with van der Waals surface area (Å²) < 4.78 is 0. The Kier molecular flexibility index (Phi) is 6.48. The molecule has 9 nitrogen and oxygen atoms in total. The molecule has 0 radical (unpaired) electrons. The lowest BCUT2D eigenvalue weighted by atomic mass is 10.1. The van der Waals surface area contributed by atoms with Crippen LogP contribution in [0, 0.1) is 12.8 Å². The Hall–Kier alpha value is -3.62. The van der Waals surface area contributed by atoms with E-state index in [9.17, 15) is 9.59 Å². The average Bonchev–Trinajstić information content (AvgIpc) is 3.14. The van der Waals surface area contributed by atoms with E-state index in [1.54, 1.807) is 12.4 Å². The quantitative estimate of drug-likeness (QED) is 0.546. The monoisotopic (exact) mass is 449 g/mol. The molecule has 4 rings (SSSR count). The number of benzene rings is 1. The topological polar surface area (TPSA) is 106 Å². The van der Waals surface area contributed by atoms with Gasteiger partial charge in [0, 0.05) is 49.7 Å². The maximum Gasteiger partial charge on any atom is 0.322 e. The summed E-state index contributed by atoms with van der Waals surface area (Å²) in [4.78, 5) is 41.1. The highest BCUT2D eigenvalue weighted by Crippen LogP contribution is 2.28. The van der Waals surface area contributed by atoms with E-state index in [4.69, 9.17) is 0 Å². The minimum Gasteiger partial charge on any atom is -0.352 e. The van der Waals surface area contributed by atoms with E-state index in [0.29, 0.717) is 37.4 Å². The van der Waals surface area contributed by atoms with Crippen molar-refractivity contribution in [3.05, 3.63) is 42.4 Å². The second kappa shape index (κ2) is 9.48. The molecule has 174 valence electrons. The van der Waals surface area contributed by atoms with Gasteiger partial charge in [-0.15, -0.1) is 0 Å². The molecule has 0 saturated carbocycles. The Bertz CT molecular complexity index is 1160. The van der Waals surface area contributed by atoms with Crippen LogP contribution in [0.3, 0.4) is 0 Å². The predicted octanol–water partition coefficient (Wildman–Crippen LogP) is 3.99. The fourth-order valence-electron chi connectivity index (χ4n) is 4.24. The van der Waals surface area contributed by atoms with Gasteiger partial charge in [-0.25, -0.2) is 14.8 Å². The molecular weight excluding hydrogens is 418 g/mol. The van der Waals surface area contributed by atoms with Gasteiger partial charge in [-0.3, -0.25) is 4.79 Å². The summed E-state index contributed by atoms with van der Waals surface area (Å²) in [6, 6.07) is 7.09. The third kappa shape index (κ3) is 5.08. The first kappa shape index (κ1) is 22.6. The lowest BCUT2D eigenvalue weighted by Crippen LogP contribution is -2.55. The molecule has 9 heteroatoms. The number of nitrogens with zero attached hydrogens (tertiary/aromatic N) is 4. The summed E-state index contributed by atoms with van der Waals surface area (Å²) in [5.74, 6) is 1.15. The number of hydrogen-bond donors (Lipinski definition) is 3. The Balaban J connectivity index is 1.40. The lowest BCUT2D eigenvalue weighted by Gasteiger charge is -2.40. The van der Waals surface area contributed by atoms with E-state index in [1.807, 2.05) is 57.0 Å². The number of amides is 3. The van der Waals surface area contributed by atoms with Crippen LogP contribution in [-0.2, 0) is 4.79 Å². The highest BCUT2D eigenvalue weighted by Gasteiger charge is 2.29. The highest BCUT2D eigenvalue weighted by molar-refractivity contribution is 5.94. The van der Waals surface area contributed by atoms with Crippen LogP contribution in [0.2, 0.25) is 0 Å². The molecule has 0 spiro atoms. The number of carbonyl (C=O) groups is 2. The molecule has 1 aliphatic rings. The molecule has 1 aliphatic heterocycles. The first-order chi connectivity index (χ1) is 15.8. The molecule has 3 amide bonds. The molecule has 1 saturated heterocycles. The Morgan fingerprint density at radius 2 is 1.94 bits per heavy atom. The zero-order valence-electron chi connectivity index (χ0n) is 19.6. The van der Waals surface area contributed by atoms with Gasteiger partial charge in [-0.1, -0.05) is 19.9 Å². The van der Waals surface area contributed by atoms with Crippen LogP contribution in [0.25, 0.3) is 11.0 Å². The summed E-state index contributed by atoms with van der Waals surface area (Å²) in [5, 5.41) is 6.89. The Labute approximate surface area is 193 Å². The summed E-state index contributed by atoms with van der Waals surface area (Å²) in [7, 11) is 0. The summed E-state index contributed by atoms with van der Waals surface area (Å²) in [6.45, 7) is 10.0. The molecule has 1 atom stereocenters. The largest absolute Gasteiger partial charge is 0.352 e. The third-order valence-electron chi connectivity index (χ3n) is 5.83. The average molecular weight is 450 g/mol. The number of aromatic nitrogens is 3. The maximum atomic E-state index is 13.0. The van der Waals surface area contributed by atoms with Crippen LogP contribution in [0.5, 0.6) is 0 Å². The smallest absolute Gasteiger partial charge is 0.322 e. The SMILES string of the molecule is Cc1c[nH]c2ncnc(N3CCN(C(=O)Nc4cccc(NC(=O)CC(C)C)c4)[C@@H](C)C3)c12. The molecule has 3 aromatic rings. The first-order valence-corrected chi connectivity index (χ1v) is 11.3. The molecule has 33 heavy (non-hydrogen) atoms. The number of piperazine rings is 1. The maximum absolute atomic E-state index is 13.0. The minimum atomic E-state index is -0.154. The van der Waals surface area contributed by atoms with Gasteiger partial charge in [0.15, 0.2) is 0 Å². The van der Waals surface area contributed by atoms with E-state index >= 15 is 0 Å². The van der Waals surface area contributed by atoms with Crippen molar-refractivity contribution in [3.63, 3.8) is 0 Å². The summed E-state index contributed by atoms with van der Waals surface area (Å²) in [6.07, 6.45) is 3.97. The van der Waals surface area contributed by atoms with E-state index in [1.165, 1.54) is 0 Å². The number of carbonyl (C=O) groups excluding carboxylic acids is 2. The van der Waals surface area contributed by atoms with Crippen molar-refractivity contribution in [2.45, 2.75) is 40.2 Å². The van der Waals surface area contributed by atoms with Gasteiger partial charge in [0.2, 0.25) is 5.91 Å². The zero-order chi connectivity index (χ0) is 23.5. The molecule has 2 aromatic heterocycles. The fourth-order valence-corrected chi connectivity index (χ4v) is 4.24. The number of aromatic amines is 1. The second-order valence-electron chi connectivity index (χ2n) is 9.04. The number of aryl methyl sites for hydroxylation is 1. The molecule has 1 fully saturated rings. The molecule has 1 aromatic carbocycles. The van der Waals surface area contributed by atoms with E-state index in [-0.39, 0.29) is 23.9 Å². The second-order valence-corrected chi connectivity index (χ2v) is 9.04. The van der Waals surface area contributed by atoms with Crippen molar-refractivity contribution in [1.82, 2.24) is 19.9 Å². The molecular formula is C24H31N7O2. The molecule has 0 aliphatic carbocycles.